The Kier molecular flexibility index (Phi) is 3.16. The van der Waals surface area contributed by atoms with Gasteiger partial charge < -0.3 is 5.32 Å². The van der Waals surface area contributed by atoms with Crippen molar-refractivity contribution in [2.75, 3.05) is 10.2 Å². The molecule has 1 N–H and O–H groups in total. The van der Waals surface area contributed by atoms with E-state index in [9.17, 15) is 9.59 Å². The van der Waals surface area contributed by atoms with E-state index in [1.165, 1.54) is 4.90 Å². The Bertz CT molecular complexity index is 686. The molecule has 5 heteroatoms. The third kappa shape index (κ3) is 2.26. The van der Waals surface area contributed by atoms with E-state index in [0.717, 1.165) is 0 Å². The van der Waals surface area contributed by atoms with Crippen molar-refractivity contribution in [1.82, 2.24) is 0 Å². The van der Waals surface area contributed by atoms with Gasteiger partial charge in [0.2, 0.25) is 11.8 Å². The minimum absolute atomic E-state index is 0.193. The van der Waals surface area contributed by atoms with Gasteiger partial charge in [-0.15, -0.1) is 0 Å². The van der Waals surface area contributed by atoms with Crippen molar-refractivity contribution < 1.29 is 9.59 Å². The molecule has 0 fully saturated rings. The Balaban J connectivity index is 2.20. The molecule has 1 aliphatic rings. The summed E-state index contributed by atoms with van der Waals surface area (Å²) in [5, 5.41) is 3.23. The molecule has 0 saturated carbocycles. The van der Waals surface area contributed by atoms with Gasteiger partial charge in [-0.2, -0.15) is 0 Å². The summed E-state index contributed by atoms with van der Waals surface area (Å²) in [5.41, 5.74) is 1.87. The third-order valence-corrected chi connectivity index (χ3v) is 3.29. The van der Waals surface area contributed by atoms with Gasteiger partial charge in [0.05, 0.1) is 11.4 Å². The van der Waals surface area contributed by atoms with E-state index in [0.29, 0.717) is 22.1 Å². The molecule has 0 aromatic heterocycles. The predicted octanol–water partition coefficient (Wildman–Crippen LogP) is 3.35. The van der Waals surface area contributed by atoms with Gasteiger partial charge in [-0.25, -0.2) is 0 Å². The summed E-state index contributed by atoms with van der Waals surface area (Å²) in [6.45, 7) is 0. The van der Waals surface area contributed by atoms with Crippen LogP contribution in [0.25, 0.3) is 0 Å². The SMILES string of the molecule is O=C1CC(=O)N([13c]2[13cH][13cH][13cH][13cH][13cH]2)c2cc(Cl)ccc2N1. The Labute approximate surface area is 121 Å². The summed E-state index contributed by atoms with van der Waals surface area (Å²) in [4.78, 5) is 25.6. The van der Waals surface area contributed by atoms with Crippen molar-refractivity contribution in [2.45, 2.75) is 6.42 Å². The lowest BCUT2D eigenvalue weighted by Crippen LogP contribution is -2.26. The van der Waals surface area contributed by atoms with Gasteiger partial charge >= 0.3 is 0 Å². The number of hydrogen-bond acceptors (Lipinski definition) is 2. The van der Waals surface area contributed by atoms with E-state index in [4.69, 9.17) is 11.6 Å². The zero-order chi connectivity index (χ0) is 14.1. The minimum atomic E-state index is -0.322. The lowest BCUT2D eigenvalue weighted by atomic mass is 10.2. The summed E-state index contributed by atoms with van der Waals surface area (Å²) in [7, 11) is 0. The zero-order valence-electron chi connectivity index (χ0n) is 10.5. The van der Waals surface area contributed by atoms with Crippen LogP contribution in [0.15, 0.2) is 48.5 Å². The summed E-state index contributed by atoms with van der Waals surface area (Å²) < 4.78 is 0. The summed E-state index contributed by atoms with van der Waals surface area (Å²) in [6, 6.07) is 14.2. The molecule has 0 aliphatic carbocycles. The molecule has 4 nitrogen and oxygen atoms in total. The number of nitrogens with zero attached hydrogens (tertiary/aromatic N) is 1. The molecule has 0 radical (unpaired) electrons. The predicted molar refractivity (Wildman–Crippen MR) is 78.3 cm³/mol. The van der Waals surface area contributed by atoms with Gasteiger partial charge in [0.25, 0.3) is 0 Å². The van der Waals surface area contributed by atoms with Crippen LogP contribution in [0.2, 0.25) is 5.02 Å². The largest absolute Gasteiger partial charge is 0.324 e. The number of para-hydroxylation sites is 1. The highest BCUT2D eigenvalue weighted by atomic mass is 35.5. The molecule has 1 aliphatic heterocycles. The van der Waals surface area contributed by atoms with Crippen LogP contribution in [0, 0.1) is 0 Å². The maximum Gasteiger partial charge on any atom is 0.241 e. The number of fused-ring (bicyclic) bond motifs is 1. The number of nitrogens with one attached hydrogen (secondary N) is 1. The molecule has 3 rings (SSSR count). The normalized spacial score (nSPS) is 14.6. The van der Waals surface area contributed by atoms with Crippen molar-refractivity contribution in [3.05, 3.63) is 53.6 Å². The Morgan fingerprint density at radius 3 is 2.55 bits per heavy atom. The molecule has 2 aromatic rings. The fourth-order valence-corrected chi connectivity index (χ4v) is 2.37. The standard InChI is InChI=1S/C15H11ClN2O2/c16-10-6-7-12-13(8-10)18(11-4-2-1-3-5-11)15(20)9-14(19)17-12/h1-8H,9H2,(H,17,19)/i1+1,2+1,3+1,4+1,5+1,11+1. The molecular formula is C15H11ClN2O2. The summed E-state index contributed by atoms with van der Waals surface area (Å²) in [5.74, 6) is -0.605. The quantitative estimate of drug-likeness (QED) is 0.820. The van der Waals surface area contributed by atoms with E-state index in [1.54, 1.807) is 18.2 Å². The van der Waals surface area contributed by atoms with Gasteiger partial charge in [0.1, 0.15) is 6.42 Å². The fraction of sp³-hybridized carbons (Fsp3) is 0.0667. The second-order valence-corrected chi connectivity index (χ2v) is 4.89. The van der Waals surface area contributed by atoms with E-state index < -0.39 is 0 Å². The highest BCUT2D eigenvalue weighted by Crippen LogP contribution is 2.36. The van der Waals surface area contributed by atoms with Crippen LogP contribution in [-0.2, 0) is 9.59 Å². The molecule has 20 heavy (non-hydrogen) atoms. The smallest absolute Gasteiger partial charge is 0.241 e. The number of carbonyl (C=O) groups is 2. The molecule has 0 spiro atoms. The second-order valence-electron chi connectivity index (χ2n) is 4.45. The van der Waals surface area contributed by atoms with Crippen molar-refractivity contribution in [1.29, 1.82) is 0 Å². The summed E-state index contributed by atoms with van der Waals surface area (Å²) in [6.07, 6.45) is -0.193. The number of hydrogen-bond donors (Lipinski definition) is 1. The van der Waals surface area contributed by atoms with Crippen molar-refractivity contribution >= 4 is 40.5 Å². The Morgan fingerprint density at radius 1 is 1.05 bits per heavy atom. The van der Waals surface area contributed by atoms with Gasteiger partial charge in [-0.3, -0.25) is 14.5 Å². The first-order chi connectivity index (χ1) is 9.65. The maximum absolute atomic E-state index is 12.3. The number of benzene rings is 2. The minimum Gasteiger partial charge on any atom is -0.324 e. The van der Waals surface area contributed by atoms with Crippen LogP contribution in [0.1, 0.15) is 6.42 Å². The van der Waals surface area contributed by atoms with Crippen LogP contribution in [-0.4, -0.2) is 11.8 Å². The van der Waals surface area contributed by atoms with Crippen LogP contribution in [0.3, 0.4) is 0 Å². The fourth-order valence-electron chi connectivity index (χ4n) is 2.20. The lowest BCUT2D eigenvalue weighted by Gasteiger charge is -2.22. The third-order valence-electron chi connectivity index (χ3n) is 3.05. The number of carbonyl (C=O) groups excluding carboxylic acids is 2. The first-order valence-electron chi connectivity index (χ1n) is 6.12. The Hall–Kier alpha value is -2.33. The first kappa shape index (κ1) is 12.7. The van der Waals surface area contributed by atoms with Crippen molar-refractivity contribution in [3.8, 4) is 0 Å². The number of anilines is 3. The van der Waals surface area contributed by atoms with Crippen molar-refractivity contribution in [2.24, 2.45) is 0 Å². The molecule has 0 unspecified atom stereocenters. The van der Waals surface area contributed by atoms with Crippen molar-refractivity contribution in [3.63, 3.8) is 0 Å². The maximum atomic E-state index is 12.3. The average Bonchev–Trinajstić information content (AvgIpc) is 2.54. The van der Waals surface area contributed by atoms with E-state index >= 15 is 0 Å². The molecule has 1 heterocycles. The Morgan fingerprint density at radius 2 is 1.80 bits per heavy atom. The number of halogens is 1. The zero-order valence-corrected chi connectivity index (χ0v) is 11.2. The van der Waals surface area contributed by atoms with Crippen LogP contribution in [0.4, 0.5) is 17.1 Å². The second kappa shape index (κ2) is 4.98. The topological polar surface area (TPSA) is 49.4 Å². The van der Waals surface area contributed by atoms with E-state index in [-0.39, 0.29) is 18.2 Å². The highest BCUT2D eigenvalue weighted by molar-refractivity contribution is 6.31. The molecule has 0 saturated heterocycles. The van der Waals surface area contributed by atoms with Gasteiger partial charge in [0, 0.05) is 10.7 Å². The first-order valence-corrected chi connectivity index (χ1v) is 6.50. The van der Waals surface area contributed by atoms with Gasteiger partial charge in [-0.05, 0) is 30.3 Å². The molecular weight excluding hydrogens is 282 g/mol. The summed E-state index contributed by atoms with van der Waals surface area (Å²) >= 11 is 6.02. The molecule has 2 aromatic carbocycles. The highest BCUT2D eigenvalue weighted by Gasteiger charge is 2.27. The van der Waals surface area contributed by atoms with Gasteiger partial charge in [-0.1, -0.05) is 29.8 Å². The van der Waals surface area contributed by atoms with E-state index in [2.05, 4.69) is 5.32 Å². The van der Waals surface area contributed by atoms with Crippen LogP contribution < -0.4 is 10.2 Å². The number of amides is 2. The molecule has 100 valence electrons. The van der Waals surface area contributed by atoms with Crippen LogP contribution in [0.5, 0.6) is 0 Å². The number of rotatable bonds is 1. The van der Waals surface area contributed by atoms with E-state index in [1.807, 2.05) is 30.3 Å². The molecule has 0 atom stereocenters. The lowest BCUT2D eigenvalue weighted by molar-refractivity contribution is -0.124. The monoisotopic (exact) mass is 292 g/mol. The molecule has 2 amide bonds. The van der Waals surface area contributed by atoms with Crippen LogP contribution >= 0.6 is 11.6 Å². The average molecular weight is 293 g/mol. The molecule has 0 bridgehead atoms. The van der Waals surface area contributed by atoms with Gasteiger partial charge in [0.15, 0.2) is 0 Å².